The van der Waals surface area contributed by atoms with Crippen LogP contribution in [0.5, 0.6) is 0 Å². The quantitative estimate of drug-likeness (QED) is 0.797. The predicted octanol–water partition coefficient (Wildman–Crippen LogP) is 2.73. The Bertz CT molecular complexity index is 794. The summed E-state index contributed by atoms with van der Waals surface area (Å²) in [7, 11) is 2.04. The summed E-state index contributed by atoms with van der Waals surface area (Å²) in [5.41, 5.74) is 4.02. The number of nitrogens with zero attached hydrogens (tertiary/aromatic N) is 3. The molecule has 0 saturated carbocycles. The Morgan fingerprint density at radius 2 is 1.86 bits per heavy atom. The number of hydrogen-bond acceptors (Lipinski definition) is 3. The second-order valence-electron chi connectivity index (χ2n) is 4.99. The summed E-state index contributed by atoms with van der Waals surface area (Å²) in [4.78, 5) is 4.63. The lowest BCUT2D eigenvalue weighted by Gasteiger charge is -2.05. The van der Waals surface area contributed by atoms with Crippen molar-refractivity contribution < 1.29 is 0 Å². The van der Waals surface area contributed by atoms with Crippen molar-refractivity contribution in [3.05, 3.63) is 65.5 Å². The molecule has 1 heterocycles. The molecule has 0 amide bonds. The first kappa shape index (κ1) is 13.3. The van der Waals surface area contributed by atoms with Gasteiger partial charge in [-0.1, -0.05) is 24.3 Å². The van der Waals surface area contributed by atoms with Crippen molar-refractivity contribution in [2.45, 2.75) is 13.1 Å². The summed E-state index contributed by atoms with van der Waals surface area (Å²) in [6, 6.07) is 17.9. The fourth-order valence-corrected chi connectivity index (χ4v) is 2.37. The molecule has 3 aromatic rings. The number of fused-ring (bicyclic) bond motifs is 1. The van der Waals surface area contributed by atoms with Gasteiger partial charge in [-0.15, -0.1) is 0 Å². The van der Waals surface area contributed by atoms with Crippen LogP contribution in [0.2, 0.25) is 0 Å². The van der Waals surface area contributed by atoms with Crippen LogP contribution < -0.4 is 5.32 Å². The first-order valence-corrected chi connectivity index (χ1v) is 6.88. The van der Waals surface area contributed by atoms with E-state index in [1.54, 1.807) is 0 Å². The first-order valence-electron chi connectivity index (χ1n) is 6.88. The van der Waals surface area contributed by atoms with E-state index in [9.17, 15) is 0 Å². The van der Waals surface area contributed by atoms with Crippen LogP contribution in [0.4, 0.5) is 0 Å². The van der Waals surface area contributed by atoms with Crippen molar-refractivity contribution in [3.8, 4) is 6.07 Å². The van der Waals surface area contributed by atoms with Gasteiger partial charge in [-0.05, 0) is 29.8 Å². The standard InChI is InChI=1S/C17H16N4/c1-21-16-5-3-2-4-15(16)20-17(21)12-19-11-14-8-6-13(10-18)7-9-14/h2-9,19H,11-12H2,1H3. The van der Waals surface area contributed by atoms with Gasteiger partial charge in [0.15, 0.2) is 0 Å². The Balaban J connectivity index is 1.66. The number of aromatic nitrogens is 2. The Morgan fingerprint density at radius 1 is 1.10 bits per heavy atom. The highest BCUT2D eigenvalue weighted by molar-refractivity contribution is 5.75. The van der Waals surface area contributed by atoms with Gasteiger partial charge in [0.25, 0.3) is 0 Å². The molecule has 0 aliphatic heterocycles. The van der Waals surface area contributed by atoms with Gasteiger partial charge < -0.3 is 9.88 Å². The van der Waals surface area contributed by atoms with Crippen LogP contribution in [0.25, 0.3) is 11.0 Å². The van der Waals surface area contributed by atoms with E-state index in [-0.39, 0.29) is 0 Å². The maximum absolute atomic E-state index is 8.78. The molecule has 104 valence electrons. The molecule has 0 fully saturated rings. The van der Waals surface area contributed by atoms with Crippen molar-refractivity contribution in [1.29, 1.82) is 5.26 Å². The third-order valence-electron chi connectivity index (χ3n) is 3.58. The van der Waals surface area contributed by atoms with Gasteiger partial charge in [0, 0.05) is 13.6 Å². The predicted molar refractivity (Wildman–Crippen MR) is 82.4 cm³/mol. The normalized spacial score (nSPS) is 10.7. The zero-order valence-corrected chi connectivity index (χ0v) is 11.9. The Morgan fingerprint density at radius 3 is 2.57 bits per heavy atom. The summed E-state index contributed by atoms with van der Waals surface area (Å²) in [6.07, 6.45) is 0. The summed E-state index contributed by atoms with van der Waals surface area (Å²) in [5, 5.41) is 12.2. The zero-order valence-electron chi connectivity index (χ0n) is 11.9. The number of benzene rings is 2. The van der Waals surface area contributed by atoms with Crippen molar-refractivity contribution >= 4 is 11.0 Å². The SMILES string of the molecule is Cn1c(CNCc2ccc(C#N)cc2)nc2ccccc21. The molecule has 0 aliphatic carbocycles. The van der Waals surface area contributed by atoms with Crippen LogP contribution in [0, 0.1) is 11.3 Å². The molecule has 0 aliphatic rings. The van der Waals surface area contributed by atoms with E-state index in [0.29, 0.717) is 12.1 Å². The van der Waals surface area contributed by atoms with Gasteiger partial charge >= 0.3 is 0 Å². The van der Waals surface area contributed by atoms with E-state index in [4.69, 9.17) is 5.26 Å². The maximum Gasteiger partial charge on any atom is 0.123 e. The number of aryl methyl sites for hydroxylation is 1. The molecule has 0 spiro atoms. The minimum atomic E-state index is 0.689. The van der Waals surface area contributed by atoms with Gasteiger partial charge in [0.05, 0.1) is 29.2 Å². The molecule has 4 heteroatoms. The molecular weight excluding hydrogens is 260 g/mol. The molecular formula is C17H16N4. The lowest BCUT2D eigenvalue weighted by Crippen LogP contribution is -2.15. The molecule has 3 rings (SSSR count). The zero-order chi connectivity index (χ0) is 14.7. The van der Waals surface area contributed by atoms with Crippen LogP contribution in [0.3, 0.4) is 0 Å². The van der Waals surface area contributed by atoms with Crippen molar-refractivity contribution in [2.24, 2.45) is 7.05 Å². The Kier molecular flexibility index (Phi) is 3.67. The minimum absolute atomic E-state index is 0.689. The maximum atomic E-state index is 8.78. The summed E-state index contributed by atoms with van der Waals surface area (Å²) >= 11 is 0. The van der Waals surface area contributed by atoms with Gasteiger partial charge in [-0.3, -0.25) is 0 Å². The monoisotopic (exact) mass is 276 g/mol. The minimum Gasteiger partial charge on any atom is -0.330 e. The molecule has 1 N–H and O–H groups in total. The molecule has 0 unspecified atom stereocenters. The largest absolute Gasteiger partial charge is 0.330 e. The highest BCUT2D eigenvalue weighted by Crippen LogP contribution is 2.14. The van der Waals surface area contributed by atoms with Crippen LogP contribution >= 0.6 is 0 Å². The van der Waals surface area contributed by atoms with Gasteiger partial charge in [-0.2, -0.15) is 5.26 Å². The molecule has 0 bridgehead atoms. The van der Waals surface area contributed by atoms with E-state index in [0.717, 1.165) is 29.0 Å². The number of nitrogens with one attached hydrogen (secondary N) is 1. The average Bonchev–Trinajstić information content (AvgIpc) is 2.85. The van der Waals surface area contributed by atoms with Crippen molar-refractivity contribution in [1.82, 2.24) is 14.9 Å². The topological polar surface area (TPSA) is 53.6 Å². The average molecular weight is 276 g/mol. The third kappa shape index (κ3) is 2.78. The molecule has 1 aromatic heterocycles. The number of imidazole rings is 1. The second-order valence-corrected chi connectivity index (χ2v) is 4.99. The first-order chi connectivity index (χ1) is 10.3. The lowest BCUT2D eigenvalue weighted by atomic mass is 10.1. The van der Waals surface area contributed by atoms with Gasteiger partial charge in [0.1, 0.15) is 5.82 Å². The fourth-order valence-electron chi connectivity index (χ4n) is 2.37. The van der Waals surface area contributed by atoms with Crippen LogP contribution in [-0.2, 0) is 20.1 Å². The van der Waals surface area contributed by atoms with E-state index >= 15 is 0 Å². The Labute approximate surface area is 123 Å². The molecule has 2 aromatic carbocycles. The highest BCUT2D eigenvalue weighted by atomic mass is 15.1. The van der Waals surface area contributed by atoms with E-state index in [2.05, 4.69) is 27.0 Å². The number of nitriles is 1. The van der Waals surface area contributed by atoms with Gasteiger partial charge in [0.2, 0.25) is 0 Å². The summed E-state index contributed by atoms with van der Waals surface area (Å²) in [6.45, 7) is 1.47. The molecule has 0 atom stereocenters. The number of hydrogen-bond donors (Lipinski definition) is 1. The molecule has 4 nitrogen and oxygen atoms in total. The molecule has 21 heavy (non-hydrogen) atoms. The van der Waals surface area contributed by atoms with Crippen molar-refractivity contribution in [3.63, 3.8) is 0 Å². The molecule has 0 saturated heterocycles. The Hall–Kier alpha value is -2.64. The second kappa shape index (κ2) is 5.78. The van der Waals surface area contributed by atoms with Crippen LogP contribution in [-0.4, -0.2) is 9.55 Å². The van der Waals surface area contributed by atoms with Crippen LogP contribution in [0.1, 0.15) is 17.0 Å². The smallest absolute Gasteiger partial charge is 0.123 e. The van der Waals surface area contributed by atoms with E-state index in [1.165, 1.54) is 0 Å². The summed E-state index contributed by atoms with van der Waals surface area (Å²) in [5.74, 6) is 1.02. The van der Waals surface area contributed by atoms with E-state index < -0.39 is 0 Å². The highest BCUT2D eigenvalue weighted by Gasteiger charge is 2.06. The molecule has 0 radical (unpaired) electrons. The third-order valence-corrected chi connectivity index (χ3v) is 3.58. The summed E-state index contributed by atoms with van der Waals surface area (Å²) < 4.78 is 2.11. The van der Waals surface area contributed by atoms with Crippen LogP contribution in [0.15, 0.2) is 48.5 Å². The van der Waals surface area contributed by atoms with Crippen molar-refractivity contribution in [2.75, 3.05) is 0 Å². The number of rotatable bonds is 4. The van der Waals surface area contributed by atoms with E-state index in [1.807, 2.05) is 49.5 Å². The fraction of sp³-hybridized carbons (Fsp3) is 0.176. The lowest BCUT2D eigenvalue weighted by molar-refractivity contribution is 0.643. The van der Waals surface area contributed by atoms with Gasteiger partial charge in [-0.25, -0.2) is 4.98 Å². The number of para-hydroxylation sites is 2.